The number of aliphatic hydroxyl groups is 2. The highest BCUT2D eigenvalue weighted by Gasteiger charge is 2.63. The molecular weight excluding hydrogens is 620 g/mol. The SMILES string of the molecule is CC[C@@H](O)[C@]1(C)C[C@H](C)[C@](O)([C@H]2C[C@H](C)[C@H]([C@]3(C)CC[C@H]([C@@H]4CC[C@@]5(O[C@H]([C@@H](C)[C@@H](OC)[C@H](C)C(=O)O)[C@H](C)[C@@H](OC)[C@H]5C)O4)O3)O2)O1. The summed E-state index contributed by atoms with van der Waals surface area (Å²) >= 11 is 0. The van der Waals surface area contributed by atoms with Gasteiger partial charge in [-0.15, -0.1) is 0 Å². The molecule has 0 radical (unpaired) electrons. The van der Waals surface area contributed by atoms with Crippen LogP contribution in [0.4, 0.5) is 0 Å². The van der Waals surface area contributed by atoms with Crippen molar-refractivity contribution in [3.8, 4) is 0 Å². The molecule has 48 heavy (non-hydrogen) atoms. The maximum Gasteiger partial charge on any atom is 0.308 e. The minimum absolute atomic E-state index is 0.00335. The number of carbonyl (C=O) groups is 1. The number of aliphatic carboxylic acids is 1. The van der Waals surface area contributed by atoms with Crippen LogP contribution in [0, 0.1) is 35.5 Å². The first-order valence-electron chi connectivity index (χ1n) is 18.5. The van der Waals surface area contributed by atoms with Gasteiger partial charge in [-0.3, -0.25) is 4.79 Å². The molecule has 5 aliphatic rings. The van der Waals surface area contributed by atoms with Gasteiger partial charge in [-0.25, -0.2) is 0 Å². The molecule has 3 N–H and O–H groups in total. The quantitative estimate of drug-likeness (QED) is 0.273. The first-order valence-corrected chi connectivity index (χ1v) is 18.5. The lowest BCUT2D eigenvalue weighted by atomic mass is 9.74. The van der Waals surface area contributed by atoms with Crippen LogP contribution in [0.3, 0.4) is 0 Å². The van der Waals surface area contributed by atoms with Crippen molar-refractivity contribution in [1.29, 1.82) is 0 Å². The Kier molecular flexibility index (Phi) is 11.1. The van der Waals surface area contributed by atoms with Gasteiger partial charge in [0.1, 0.15) is 6.10 Å². The zero-order chi connectivity index (χ0) is 35.6. The molecule has 0 aliphatic carbocycles. The van der Waals surface area contributed by atoms with E-state index in [-0.39, 0.29) is 60.1 Å². The van der Waals surface area contributed by atoms with E-state index in [1.165, 1.54) is 0 Å². The zero-order valence-corrected chi connectivity index (χ0v) is 31.1. The van der Waals surface area contributed by atoms with Gasteiger partial charge < -0.3 is 48.5 Å². The van der Waals surface area contributed by atoms with Crippen molar-refractivity contribution >= 4 is 5.97 Å². The van der Waals surface area contributed by atoms with Gasteiger partial charge in [0.25, 0.3) is 0 Å². The molecule has 11 nitrogen and oxygen atoms in total. The second-order valence-electron chi connectivity index (χ2n) is 16.6. The maximum absolute atomic E-state index is 11.9. The van der Waals surface area contributed by atoms with Gasteiger partial charge in [0.05, 0.1) is 59.8 Å². The van der Waals surface area contributed by atoms with Crippen LogP contribution in [0.15, 0.2) is 0 Å². The standard InChI is InChI=1S/C37H64O11/c1-12-27(38)35(9)18-20(3)37(41,48-35)28-17-19(2)32(44-28)34(8)15-13-25(45-34)26-14-16-36(46-26)24(7)31(43-11)22(5)30(47-36)21(4)29(42-10)23(6)33(39)40/h19-32,38,41H,12-18H2,1-11H3,(H,39,40)/t19-,20-,21-,22-,23-,24+,25+,26-,27+,28+,29+,30+,31+,32+,34-,35-,36-,37+/m0/s1. The lowest BCUT2D eigenvalue weighted by Gasteiger charge is -2.52. The van der Waals surface area contributed by atoms with Crippen LogP contribution in [0.25, 0.3) is 0 Å². The van der Waals surface area contributed by atoms with Crippen molar-refractivity contribution < 1.29 is 53.3 Å². The summed E-state index contributed by atoms with van der Waals surface area (Å²) in [6.07, 6.45) is 2.04. The van der Waals surface area contributed by atoms with E-state index in [2.05, 4.69) is 27.7 Å². The Labute approximate surface area is 287 Å². The molecule has 18 atom stereocenters. The fourth-order valence-electron chi connectivity index (χ4n) is 10.4. The second-order valence-corrected chi connectivity index (χ2v) is 16.6. The highest BCUT2D eigenvalue weighted by atomic mass is 16.7. The zero-order valence-electron chi connectivity index (χ0n) is 31.1. The Morgan fingerprint density at radius 1 is 1.00 bits per heavy atom. The molecule has 5 saturated heterocycles. The Morgan fingerprint density at radius 2 is 1.65 bits per heavy atom. The average Bonchev–Trinajstić information content (AvgIpc) is 3.80. The van der Waals surface area contributed by atoms with Gasteiger partial charge in [-0.05, 0) is 65.2 Å². The van der Waals surface area contributed by atoms with E-state index >= 15 is 0 Å². The van der Waals surface area contributed by atoms with E-state index in [1.807, 2.05) is 27.7 Å². The van der Waals surface area contributed by atoms with Crippen molar-refractivity contribution in [3.63, 3.8) is 0 Å². The van der Waals surface area contributed by atoms with Gasteiger partial charge in [0.15, 0.2) is 11.6 Å². The van der Waals surface area contributed by atoms with Crippen LogP contribution in [0.2, 0.25) is 0 Å². The topological polar surface area (TPSA) is 142 Å². The minimum Gasteiger partial charge on any atom is -0.481 e. The molecule has 5 heterocycles. The highest BCUT2D eigenvalue weighted by Crippen LogP contribution is 2.54. The Morgan fingerprint density at radius 3 is 2.25 bits per heavy atom. The van der Waals surface area contributed by atoms with Crippen molar-refractivity contribution in [3.05, 3.63) is 0 Å². The summed E-state index contributed by atoms with van der Waals surface area (Å²) in [5.41, 5.74) is -1.39. The second kappa shape index (κ2) is 13.9. The van der Waals surface area contributed by atoms with Crippen LogP contribution >= 0.6 is 0 Å². The van der Waals surface area contributed by atoms with E-state index in [0.29, 0.717) is 25.7 Å². The van der Waals surface area contributed by atoms with Crippen LogP contribution < -0.4 is 0 Å². The first-order chi connectivity index (χ1) is 22.4. The summed E-state index contributed by atoms with van der Waals surface area (Å²) in [6, 6.07) is 0. The number of carboxylic acid groups (broad SMARTS) is 1. The number of rotatable bonds is 11. The smallest absolute Gasteiger partial charge is 0.308 e. The van der Waals surface area contributed by atoms with Crippen LogP contribution in [0.1, 0.15) is 107 Å². The number of methoxy groups -OCH3 is 2. The van der Waals surface area contributed by atoms with Gasteiger partial charge in [0, 0.05) is 44.3 Å². The number of ether oxygens (including phenoxy) is 7. The molecule has 1 spiro atoms. The van der Waals surface area contributed by atoms with Gasteiger partial charge in [-0.2, -0.15) is 0 Å². The third kappa shape index (κ3) is 6.40. The molecule has 0 bridgehead atoms. The molecule has 0 aromatic rings. The van der Waals surface area contributed by atoms with Crippen molar-refractivity contribution in [1.82, 2.24) is 0 Å². The fraction of sp³-hybridized carbons (Fsp3) is 0.973. The van der Waals surface area contributed by atoms with E-state index < -0.39 is 53.0 Å². The van der Waals surface area contributed by atoms with Gasteiger partial charge >= 0.3 is 5.97 Å². The highest BCUT2D eigenvalue weighted by molar-refractivity contribution is 5.70. The fourth-order valence-corrected chi connectivity index (χ4v) is 10.4. The first kappa shape index (κ1) is 38.3. The van der Waals surface area contributed by atoms with Crippen LogP contribution in [-0.4, -0.2) is 107 Å². The number of hydrogen-bond acceptors (Lipinski definition) is 10. The van der Waals surface area contributed by atoms with Gasteiger partial charge in [-0.1, -0.05) is 41.5 Å². The third-order valence-electron chi connectivity index (χ3n) is 13.3. The average molecular weight is 685 g/mol. The molecule has 0 aromatic carbocycles. The van der Waals surface area contributed by atoms with Crippen LogP contribution in [0.5, 0.6) is 0 Å². The van der Waals surface area contributed by atoms with E-state index in [1.54, 1.807) is 21.1 Å². The monoisotopic (exact) mass is 684 g/mol. The Hall–Kier alpha value is -0.890. The summed E-state index contributed by atoms with van der Waals surface area (Å²) in [4.78, 5) is 11.9. The molecule has 0 aromatic heterocycles. The number of aliphatic hydroxyl groups excluding tert-OH is 1. The summed E-state index contributed by atoms with van der Waals surface area (Å²) in [7, 11) is 3.28. The normalized spacial score (nSPS) is 50.5. The number of hydrogen-bond donors (Lipinski definition) is 3. The molecule has 0 unspecified atom stereocenters. The molecule has 0 saturated carbocycles. The van der Waals surface area contributed by atoms with E-state index in [0.717, 1.165) is 19.3 Å². The van der Waals surface area contributed by atoms with Crippen molar-refractivity contribution in [2.45, 2.75) is 179 Å². The predicted octanol–water partition coefficient (Wildman–Crippen LogP) is 4.93. The molecule has 5 fully saturated rings. The van der Waals surface area contributed by atoms with E-state index in [4.69, 9.17) is 33.2 Å². The predicted molar refractivity (Wildman–Crippen MR) is 177 cm³/mol. The van der Waals surface area contributed by atoms with Crippen molar-refractivity contribution in [2.24, 2.45) is 35.5 Å². The minimum atomic E-state index is -1.48. The lowest BCUT2D eigenvalue weighted by Crippen LogP contribution is -2.60. The summed E-state index contributed by atoms with van der Waals surface area (Å²) in [6.45, 7) is 17.9. The Balaban J connectivity index is 1.28. The Bertz CT molecular complexity index is 1140. The largest absolute Gasteiger partial charge is 0.481 e. The molecule has 5 rings (SSSR count). The van der Waals surface area contributed by atoms with Crippen molar-refractivity contribution in [2.75, 3.05) is 14.2 Å². The molecule has 0 amide bonds. The molecule has 5 aliphatic heterocycles. The van der Waals surface area contributed by atoms with Gasteiger partial charge in [0.2, 0.25) is 0 Å². The van der Waals surface area contributed by atoms with E-state index in [9.17, 15) is 20.1 Å². The third-order valence-corrected chi connectivity index (χ3v) is 13.3. The van der Waals surface area contributed by atoms with Crippen LogP contribution in [-0.2, 0) is 38.0 Å². The molecule has 278 valence electrons. The molecule has 11 heteroatoms. The lowest BCUT2D eigenvalue weighted by molar-refractivity contribution is -0.346. The summed E-state index contributed by atoms with van der Waals surface area (Å²) in [5, 5.41) is 32.3. The summed E-state index contributed by atoms with van der Waals surface area (Å²) in [5.74, 6) is -4.30. The maximum atomic E-state index is 11.9. The molecular formula is C37H64O11. The number of carboxylic acids is 1. The summed E-state index contributed by atoms with van der Waals surface area (Å²) < 4.78 is 45.6.